The molecule has 9 nitrogen and oxygen atoms in total. The molecule has 0 spiro atoms. The molecule has 0 unspecified atom stereocenters. The highest BCUT2D eigenvalue weighted by molar-refractivity contribution is 5.68. The molecule has 0 saturated carbocycles. The number of benzene rings is 1. The van der Waals surface area contributed by atoms with Crippen LogP contribution in [0, 0.1) is 6.54 Å². The number of carbonyl (C=O) groups excluding carboxylic acids is 1. The van der Waals surface area contributed by atoms with Crippen molar-refractivity contribution in [3.63, 3.8) is 0 Å². The van der Waals surface area contributed by atoms with Crippen molar-refractivity contribution >= 4 is 12.0 Å². The number of hydrogen-bond donors (Lipinski definition) is 1. The molecule has 1 aromatic carbocycles. The number of nitrogens with zero attached hydrogens (tertiary/aromatic N) is 3. The van der Waals surface area contributed by atoms with Crippen molar-refractivity contribution in [1.82, 2.24) is 14.6 Å². The van der Waals surface area contributed by atoms with Gasteiger partial charge in [-0.1, -0.05) is 18.7 Å². The third kappa shape index (κ3) is 4.79. The van der Waals surface area contributed by atoms with Gasteiger partial charge in [0.05, 0.1) is 30.7 Å². The summed E-state index contributed by atoms with van der Waals surface area (Å²) >= 11 is 0. The van der Waals surface area contributed by atoms with Crippen molar-refractivity contribution in [3.8, 4) is 5.75 Å². The number of fused-ring (bicyclic) bond motifs is 1. The third-order valence-corrected chi connectivity index (χ3v) is 4.51. The number of aromatic nitrogens is 2. The van der Waals surface area contributed by atoms with Gasteiger partial charge < -0.3 is 24.5 Å². The Kier molecular flexibility index (Phi) is 6.09. The fraction of sp³-hybridized carbons (Fsp3) is 0.429. The highest BCUT2D eigenvalue weighted by Crippen LogP contribution is 2.20. The Balaban J connectivity index is 1.79. The molecule has 0 saturated heterocycles. The highest BCUT2D eigenvalue weighted by Gasteiger charge is 2.29. The Labute approximate surface area is 175 Å². The molecule has 1 N–H and O–H groups in total. The molecule has 0 fully saturated rings. The van der Waals surface area contributed by atoms with Crippen LogP contribution < -0.4 is 20.5 Å². The van der Waals surface area contributed by atoms with Crippen LogP contribution in [0.4, 0.5) is 10.7 Å². The van der Waals surface area contributed by atoms with E-state index in [0.29, 0.717) is 24.2 Å². The van der Waals surface area contributed by atoms with Crippen LogP contribution in [-0.2, 0) is 17.7 Å². The SMILES string of the molecule is COc1ccc([CH-]Nc2nc3c(c(=O)n2OC)CN(C(=O)OC(C)(C)C)CC3)cc1. The van der Waals surface area contributed by atoms with Crippen molar-refractivity contribution < 1.29 is 19.1 Å². The maximum Gasteiger partial charge on any atom is 0.410 e. The van der Waals surface area contributed by atoms with E-state index in [1.54, 1.807) is 34.4 Å². The van der Waals surface area contributed by atoms with E-state index in [9.17, 15) is 9.59 Å². The molecule has 162 valence electrons. The number of carbonyl (C=O) groups is 1. The number of ether oxygens (including phenoxy) is 2. The largest absolute Gasteiger partial charge is 0.499 e. The van der Waals surface area contributed by atoms with Crippen molar-refractivity contribution in [2.45, 2.75) is 39.3 Å². The van der Waals surface area contributed by atoms with Crippen LogP contribution in [-0.4, -0.2) is 47.1 Å². The lowest BCUT2D eigenvalue weighted by molar-refractivity contribution is 0.0219. The van der Waals surface area contributed by atoms with Crippen molar-refractivity contribution in [1.29, 1.82) is 0 Å². The predicted octanol–water partition coefficient (Wildman–Crippen LogP) is 2.23. The molecule has 0 aliphatic carbocycles. The molecular formula is C21H27N4O5-. The van der Waals surface area contributed by atoms with E-state index in [2.05, 4.69) is 10.3 Å². The van der Waals surface area contributed by atoms with Gasteiger partial charge in [-0.15, -0.1) is 4.73 Å². The maximum absolute atomic E-state index is 13.0. The van der Waals surface area contributed by atoms with Crippen LogP contribution in [0.3, 0.4) is 0 Å². The summed E-state index contributed by atoms with van der Waals surface area (Å²) in [6, 6.07) is 7.42. The predicted molar refractivity (Wildman–Crippen MR) is 111 cm³/mol. The van der Waals surface area contributed by atoms with Crippen molar-refractivity contribution in [2.24, 2.45) is 0 Å². The first-order valence-electron chi connectivity index (χ1n) is 9.63. The quantitative estimate of drug-likeness (QED) is 0.748. The molecule has 1 amide bonds. The van der Waals surface area contributed by atoms with Gasteiger partial charge in [0.1, 0.15) is 12.7 Å². The van der Waals surface area contributed by atoms with Gasteiger partial charge in [0.2, 0.25) is 5.95 Å². The molecule has 3 rings (SSSR count). The molecule has 1 aliphatic rings. The zero-order chi connectivity index (χ0) is 21.9. The monoisotopic (exact) mass is 415 g/mol. The van der Waals surface area contributed by atoms with Gasteiger partial charge in [-0.25, -0.2) is 9.78 Å². The molecular weight excluding hydrogens is 388 g/mol. The number of methoxy groups -OCH3 is 1. The topological polar surface area (TPSA) is 94.9 Å². The van der Waals surface area contributed by atoms with Gasteiger partial charge in [-0.3, -0.25) is 4.79 Å². The maximum atomic E-state index is 13.0. The van der Waals surface area contributed by atoms with E-state index in [-0.39, 0.29) is 18.1 Å². The van der Waals surface area contributed by atoms with Gasteiger partial charge in [-0.2, -0.15) is 17.7 Å². The average molecular weight is 415 g/mol. The number of hydrogen-bond acceptors (Lipinski definition) is 7. The van der Waals surface area contributed by atoms with Crippen LogP contribution >= 0.6 is 0 Å². The van der Waals surface area contributed by atoms with Gasteiger partial charge in [-0.05, 0) is 20.8 Å². The van der Waals surface area contributed by atoms with Crippen LogP contribution in [0.1, 0.15) is 37.6 Å². The third-order valence-electron chi connectivity index (χ3n) is 4.51. The average Bonchev–Trinajstić information content (AvgIpc) is 2.71. The molecule has 1 aliphatic heterocycles. The second-order valence-electron chi connectivity index (χ2n) is 7.86. The summed E-state index contributed by atoms with van der Waals surface area (Å²) < 4.78 is 11.6. The summed E-state index contributed by atoms with van der Waals surface area (Å²) in [5.74, 6) is 1.02. The minimum absolute atomic E-state index is 0.127. The van der Waals surface area contributed by atoms with Gasteiger partial charge >= 0.3 is 6.09 Å². The molecule has 2 heterocycles. The van der Waals surface area contributed by atoms with Crippen molar-refractivity contribution in [3.05, 3.63) is 58.0 Å². The van der Waals surface area contributed by atoms with Gasteiger partial charge in [0.15, 0.2) is 0 Å². The Bertz CT molecular complexity index is 963. The highest BCUT2D eigenvalue weighted by atomic mass is 16.7. The molecule has 0 radical (unpaired) electrons. The number of anilines is 1. The Morgan fingerprint density at radius 3 is 2.50 bits per heavy atom. The van der Waals surface area contributed by atoms with E-state index >= 15 is 0 Å². The molecule has 9 heteroatoms. The summed E-state index contributed by atoms with van der Waals surface area (Å²) in [7, 11) is 3.00. The van der Waals surface area contributed by atoms with E-state index < -0.39 is 11.7 Å². The zero-order valence-electron chi connectivity index (χ0n) is 17.9. The Hall–Kier alpha value is -3.36. The molecule has 1 aromatic heterocycles. The summed E-state index contributed by atoms with van der Waals surface area (Å²) in [5.41, 5.74) is 0.971. The summed E-state index contributed by atoms with van der Waals surface area (Å²) in [4.78, 5) is 36.6. The van der Waals surface area contributed by atoms with Crippen LogP contribution in [0.15, 0.2) is 29.1 Å². The van der Waals surface area contributed by atoms with Crippen LogP contribution in [0.5, 0.6) is 5.75 Å². The summed E-state index contributed by atoms with van der Waals surface area (Å²) in [6.45, 7) is 7.69. The van der Waals surface area contributed by atoms with E-state index in [4.69, 9.17) is 14.3 Å². The van der Waals surface area contributed by atoms with Crippen LogP contribution in [0.2, 0.25) is 0 Å². The Morgan fingerprint density at radius 2 is 1.90 bits per heavy atom. The van der Waals surface area contributed by atoms with E-state index in [0.717, 1.165) is 16.0 Å². The first-order valence-corrected chi connectivity index (χ1v) is 9.63. The minimum Gasteiger partial charge on any atom is -0.499 e. The molecule has 30 heavy (non-hydrogen) atoms. The number of nitrogens with one attached hydrogen (secondary N) is 1. The molecule has 0 bridgehead atoms. The Morgan fingerprint density at radius 1 is 1.20 bits per heavy atom. The summed E-state index contributed by atoms with van der Waals surface area (Å²) in [5, 5.41) is 3.03. The van der Waals surface area contributed by atoms with Gasteiger partial charge in [0, 0.05) is 13.0 Å². The lowest BCUT2D eigenvalue weighted by atomic mass is 10.1. The first-order chi connectivity index (χ1) is 14.2. The van der Waals surface area contributed by atoms with Gasteiger partial charge in [0.25, 0.3) is 5.56 Å². The zero-order valence-corrected chi connectivity index (χ0v) is 17.9. The normalized spacial score (nSPS) is 13.3. The standard InChI is InChI=1S/C21H27N4O5/c1-21(2,3)30-20(27)24-11-10-17-16(13-24)18(26)25(29-5)19(23-17)22-12-14-6-8-15(28-4)9-7-14/h6-9,12H,10-11,13H2,1-5H3,(H,22,23)/q-1. The van der Waals surface area contributed by atoms with Crippen LogP contribution in [0.25, 0.3) is 0 Å². The smallest absolute Gasteiger partial charge is 0.410 e. The second-order valence-corrected chi connectivity index (χ2v) is 7.86. The number of amides is 1. The second kappa shape index (κ2) is 8.56. The molecule has 0 atom stereocenters. The van der Waals surface area contributed by atoms with E-state index in [1.807, 2.05) is 24.3 Å². The fourth-order valence-corrected chi connectivity index (χ4v) is 3.05. The van der Waals surface area contributed by atoms with E-state index in [1.165, 1.54) is 12.0 Å². The first kappa shape index (κ1) is 21.4. The number of rotatable bonds is 5. The van der Waals surface area contributed by atoms with Crippen molar-refractivity contribution in [2.75, 3.05) is 26.1 Å². The summed E-state index contributed by atoms with van der Waals surface area (Å²) in [6.07, 6.45) is -0.00228. The molecule has 2 aromatic rings. The lowest BCUT2D eigenvalue weighted by Gasteiger charge is -2.31. The lowest BCUT2D eigenvalue weighted by Crippen LogP contribution is -2.44. The minimum atomic E-state index is -0.604. The fourth-order valence-electron chi connectivity index (χ4n) is 3.05.